The zero-order chi connectivity index (χ0) is 8.55. The molecule has 0 spiro atoms. The highest BCUT2D eigenvalue weighted by atomic mass is 32.2. The number of hydrogen-bond donors (Lipinski definition) is 1. The van der Waals surface area contributed by atoms with Gasteiger partial charge in [0.2, 0.25) is 0 Å². The van der Waals surface area contributed by atoms with Gasteiger partial charge in [0, 0.05) is 24.9 Å². The number of amides is 2. The van der Waals surface area contributed by atoms with E-state index in [4.69, 9.17) is 0 Å². The molecule has 0 saturated carbocycles. The zero-order valence-electron chi connectivity index (χ0n) is 7.25. The van der Waals surface area contributed by atoms with Crippen molar-refractivity contribution in [3.63, 3.8) is 0 Å². The molecule has 0 radical (unpaired) electrons. The minimum atomic E-state index is 0.134. The van der Waals surface area contributed by atoms with Gasteiger partial charge >= 0.3 is 6.03 Å². The number of urea groups is 1. The molecule has 0 aromatic carbocycles. The molecule has 2 fully saturated rings. The first kappa shape index (κ1) is 8.23. The van der Waals surface area contributed by atoms with Crippen molar-refractivity contribution < 1.29 is 4.79 Å². The van der Waals surface area contributed by atoms with E-state index in [-0.39, 0.29) is 6.03 Å². The summed E-state index contributed by atoms with van der Waals surface area (Å²) in [5, 5.41) is 2.84. The monoisotopic (exact) mass is 186 g/mol. The van der Waals surface area contributed by atoms with Gasteiger partial charge in [-0.05, 0) is 11.7 Å². The van der Waals surface area contributed by atoms with Crippen molar-refractivity contribution in [1.29, 1.82) is 0 Å². The van der Waals surface area contributed by atoms with Crippen LogP contribution in [0.15, 0.2) is 0 Å². The van der Waals surface area contributed by atoms with Crippen LogP contribution in [0, 0.1) is 5.92 Å². The van der Waals surface area contributed by atoms with Crippen LogP contribution in [-0.2, 0) is 0 Å². The van der Waals surface area contributed by atoms with Crippen LogP contribution in [-0.4, -0.2) is 41.6 Å². The van der Waals surface area contributed by atoms with Crippen molar-refractivity contribution in [2.45, 2.75) is 13.0 Å². The van der Waals surface area contributed by atoms with Crippen molar-refractivity contribution in [3.05, 3.63) is 0 Å². The molecule has 2 atom stereocenters. The Balaban J connectivity index is 2.03. The van der Waals surface area contributed by atoms with E-state index in [0.717, 1.165) is 18.8 Å². The normalized spacial score (nSPS) is 35.8. The molecule has 2 aliphatic heterocycles. The first-order chi connectivity index (χ1) is 5.79. The molecule has 2 amide bonds. The molecule has 2 aliphatic rings. The molecule has 2 unspecified atom stereocenters. The van der Waals surface area contributed by atoms with Gasteiger partial charge in [0.15, 0.2) is 0 Å². The molecule has 0 aromatic rings. The maximum atomic E-state index is 11.3. The lowest BCUT2D eigenvalue weighted by Gasteiger charge is -2.25. The Morgan fingerprint density at radius 1 is 1.58 bits per heavy atom. The fourth-order valence-electron chi connectivity index (χ4n) is 1.85. The van der Waals surface area contributed by atoms with Crippen LogP contribution in [0.5, 0.6) is 0 Å². The smallest absolute Gasteiger partial charge is 0.317 e. The highest BCUT2D eigenvalue weighted by Crippen LogP contribution is 2.28. The Hall–Kier alpha value is -0.380. The van der Waals surface area contributed by atoms with E-state index in [2.05, 4.69) is 12.2 Å². The average molecular weight is 186 g/mol. The third kappa shape index (κ3) is 1.28. The second-order valence-corrected chi connectivity index (χ2v) is 4.58. The van der Waals surface area contributed by atoms with Gasteiger partial charge in [-0.15, -0.1) is 0 Å². The SMILES string of the molecule is CC1CSCC1N1CCNC1=O. The molecular formula is C8H14N2OS. The Morgan fingerprint density at radius 3 is 2.92 bits per heavy atom. The van der Waals surface area contributed by atoms with E-state index in [9.17, 15) is 4.79 Å². The van der Waals surface area contributed by atoms with E-state index in [0.29, 0.717) is 12.0 Å². The predicted molar refractivity (Wildman–Crippen MR) is 50.4 cm³/mol. The molecule has 1 N–H and O–H groups in total. The van der Waals surface area contributed by atoms with Gasteiger partial charge in [-0.3, -0.25) is 0 Å². The van der Waals surface area contributed by atoms with Gasteiger partial charge in [-0.2, -0.15) is 11.8 Å². The molecule has 0 aliphatic carbocycles. The molecular weight excluding hydrogens is 172 g/mol. The molecule has 0 aromatic heterocycles. The largest absolute Gasteiger partial charge is 0.336 e. The van der Waals surface area contributed by atoms with Gasteiger partial charge < -0.3 is 10.2 Å². The highest BCUT2D eigenvalue weighted by molar-refractivity contribution is 7.99. The number of thioether (sulfide) groups is 1. The summed E-state index contributed by atoms with van der Waals surface area (Å²) in [6, 6.07) is 0.617. The van der Waals surface area contributed by atoms with Crippen LogP contribution in [0.4, 0.5) is 4.79 Å². The maximum Gasteiger partial charge on any atom is 0.317 e. The first-order valence-electron chi connectivity index (χ1n) is 4.41. The molecule has 2 rings (SSSR count). The Morgan fingerprint density at radius 2 is 2.42 bits per heavy atom. The van der Waals surface area contributed by atoms with Crippen molar-refractivity contribution >= 4 is 17.8 Å². The molecule has 2 heterocycles. The van der Waals surface area contributed by atoms with Crippen molar-refractivity contribution in [1.82, 2.24) is 10.2 Å². The Labute approximate surface area is 76.9 Å². The predicted octanol–water partition coefficient (Wildman–Crippen LogP) is 0.763. The van der Waals surface area contributed by atoms with Gasteiger partial charge in [-0.25, -0.2) is 4.79 Å². The third-order valence-corrected chi connectivity index (χ3v) is 3.96. The van der Waals surface area contributed by atoms with E-state index in [1.54, 1.807) is 0 Å². The summed E-state index contributed by atoms with van der Waals surface area (Å²) < 4.78 is 0. The van der Waals surface area contributed by atoms with E-state index in [1.807, 2.05) is 16.7 Å². The number of nitrogens with zero attached hydrogens (tertiary/aromatic N) is 1. The lowest BCUT2D eigenvalue weighted by atomic mass is 10.1. The number of carbonyl (C=O) groups is 1. The summed E-state index contributed by atoms with van der Waals surface area (Å²) >= 11 is 1.96. The zero-order valence-corrected chi connectivity index (χ0v) is 8.06. The molecule has 2 saturated heterocycles. The third-order valence-electron chi connectivity index (χ3n) is 2.62. The van der Waals surface area contributed by atoms with Crippen LogP contribution in [0.2, 0.25) is 0 Å². The van der Waals surface area contributed by atoms with Crippen LogP contribution < -0.4 is 5.32 Å². The van der Waals surface area contributed by atoms with E-state index >= 15 is 0 Å². The van der Waals surface area contributed by atoms with Gasteiger partial charge in [-0.1, -0.05) is 6.92 Å². The Kier molecular flexibility index (Phi) is 2.17. The number of carbonyl (C=O) groups excluding carboxylic acids is 1. The van der Waals surface area contributed by atoms with Crippen LogP contribution in [0.3, 0.4) is 0 Å². The lowest BCUT2D eigenvalue weighted by molar-refractivity contribution is 0.191. The minimum Gasteiger partial charge on any atom is -0.336 e. The quantitative estimate of drug-likeness (QED) is 0.656. The van der Waals surface area contributed by atoms with Crippen molar-refractivity contribution in [2.24, 2.45) is 5.92 Å². The number of hydrogen-bond acceptors (Lipinski definition) is 2. The summed E-state index contributed by atoms with van der Waals surface area (Å²) in [6.07, 6.45) is 0. The Bertz CT molecular complexity index is 197. The van der Waals surface area contributed by atoms with Crippen molar-refractivity contribution in [3.8, 4) is 0 Å². The molecule has 3 nitrogen and oxygen atoms in total. The summed E-state index contributed by atoms with van der Waals surface area (Å²) in [5.74, 6) is 2.99. The summed E-state index contributed by atoms with van der Waals surface area (Å²) in [6.45, 7) is 3.96. The van der Waals surface area contributed by atoms with Crippen molar-refractivity contribution in [2.75, 3.05) is 24.6 Å². The maximum absolute atomic E-state index is 11.3. The molecule has 12 heavy (non-hydrogen) atoms. The topological polar surface area (TPSA) is 32.3 Å². The second kappa shape index (κ2) is 3.17. The first-order valence-corrected chi connectivity index (χ1v) is 5.56. The fraction of sp³-hybridized carbons (Fsp3) is 0.875. The van der Waals surface area contributed by atoms with Gasteiger partial charge in [0.05, 0.1) is 0 Å². The van der Waals surface area contributed by atoms with Crippen LogP contribution >= 0.6 is 11.8 Å². The number of rotatable bonds is 1. The summed E-state index contributed by atoms with van der Waals surface area (Å²) in [5.41, 5.74) is 0. The summed E-state index contributed by atoms with van der Waals surface area (Å²) in [4.78, 5) is 13.3. The molecule has 68 valence electrons. The highest BCUT2D eigenvalue weighted by Gasteiger charge is 2.34. The fourth-order valence-corrected chi connectivity index (χ4v) is 3.33. The average Bonchev–Trinajstić information content (AvgIpc) is 2.59. The van der Waals surface area contributed by atoms with Crippen LogP contribution in [0.1, 0.15) is 6.92 Å². The summed E-state index contributed by atoms with van der Waals surface area (Å²) in [7, 11) is 0. The van der Waals surface area contributed by atoms with E-state index in [1.165, 1.54) is 5.75 Å². The van der Waals surface area contributed by atoms with Crippen LogP contribution in [0.25, 0.3) is 0 Å². The standard InChI is InChI=1S/C8H14N2OS/c1-6-4-12-5-7(6)10-3-2-9-8(10)11/h6-7H,2-5H2,1H3,(H,9,11). The number of nitrogens with one attached hydrogen (secondary N) is 1. The molecule has 0 bridgehead atoms. The minimum absolute atomic E-state index is 0.134. The lowest BCUT2D eigenvalue weighted by Crippen LogP contribution is -2.41. The molecule has 4 heteroatoms. The van der Waals surface area contributed by atoms with Gasteiger partial charge in [0.1, 0.15) is 0 Å². The van der Waals surface area contributed by atoms with E-state index < -0.39 is 0 Å². The second-order valence-electron chi connectivity index (χ2n) is 3.51. The van der Waals surface area contributed by atoms with Gasteiger partial charge in [0.25, 0.3) is 0 Å².